The molecule has 0 spiro atoms. The first-order valence-electron chi connectivity index (χ1n) is 10.3. The summed E-state index contributed by atoms with van der Waals surface area (Å²) in [5.41, 5.74) is 8.15. The van der Waals surface area contributed by atoms with Crippen molar-refractivity contribution in [2.45, 2.75) is 71.1 Å². The number of rotatable bonds is 2. The summed E-state index contributed by atoms with van der Waals surface area (Å²) in [4.78, 5) is 27.2. The lowest BCUT2D eigenvalue weighted by Crippen LogP contribution is -2.68. The van der Waals surface area contributed by atoms with E-state index >= 15 is 0 Å². The van der Waals surface area contributed by atoms with E-state index in [0.29, 0.717) is 5.56 Å². The zero-order chi connectivity index (χ0) is 22.5. The van der Waals surface area contributed by atoms with Crippen molar-refractivity contribution < 1.29 is 14.3 Å². The minimum Gasteiger partial charge on any atom is -0.456 e. The molecule has 2 atom stereocenters. The van der Waals surface area contributed by atoms with E-state index in [9.17, 15) is 9.59 Å². The minimum absolute atomic E-state index is 0.0863. The Hall–Kier alpha value is -2.66. The number of fused-ring (bicyclic) bond motifs is 1. The predicted octanol–water partition coefficient (Wildman–Crippen LogP) is 4.42. The zero-order valence-electron chi connectivity index (χ0n) is 18.9. The van der Waals surface area contributed by atoms with E-state index in [1.54, 1.807) is 17.9 Å². The number of nitrogens with zero attached hydrogens (tertiary/aromatic N) is 1. The molecular weight excluding hydrogens is 376 g/mol. The molecule has 1 aliphatic heterocycles. The summed E-state index contributed by atoms with van der Waals surface area (Å²) in [6, 6.07) is 15.0. The Bertz CT molecular complexity index is 976. The quantitative estimate of drug-likeness (QED) is 0.747. The lowest BCUT2D eigenvalue weighted by atomic mass is 9.61. The molecule has 5 heteroatoms. The molecule has 2 unspecified atom stereocenters. The van der Waals surface area contributed by atoms with Crippen LogP contribution in [0.3, 0.4) is 0 Å². The van der Waals surface area contributed by atoms with Crippen LogP contribution in [0.2, 0.25) is 0 Å². The topological polar surface area (TPSA) is 72.6 Å². The van der Waals surface area contributed by atoms with Gasteiger partial charge in [-0.15, -0.1) is 0 Å². The van der Waals surface area contributed by atoms with E-state index in [1.165, 1.54) is 0 Å². The molecule has 0 aromatic heterocycles. The number of nitrogens with two attached hydrogens (primary N) is 1. The SMILES string of the molecule is CC(=O)N1c2ccc(C(=O)OC(C)(C)C)cc2C(C)(c2ccccc2)C(N)C1(C)C. The average Bonchev–Trinajstić information content (AvgIpc) is 2.65. The van der Waals surface area contributed by atoms with Crippen molar-refractivity contribution in [1.29, 1.82) is 0 Å². The van der Waals surface area contributed by atoms with Crippen LogP contribution >= 0.6 is 0 Å². The maximum absolute atomic E-state index is 12.8. The zero-order valence-corrected chi connectivity index (χ0v) is 18.9. The van der Waals surface area contributed by atoms with Crippen LogP contribution in [0.1, 0.15) is 70.0 Å². The number of hydrogen-bond acceptors (Lipinski definition) is 4. The summed E-state index contributed by atoms with van der Waals surface area (Å²) >= 11 is 0. The van der Waals surface area contributed by atoms with E-state index in [1.807, 2.05) is 77.1 Å². The van der Waals surface area contributed by atoms with Gasteiger partial charge in [0.25, 0.3) is 0 Å². The Labute approximate surface area is 179 Å². The summed E-state index contributed by atoms with van der Waals surface area (Å²) in [5, 5.41) is 0. The Morgan fingerprint density at radius 3 is 2.17 bits per heavy atom. The van der Waals surface area contributed by atoms with Crippen molar-refractivity contribution in [2.24, 2.45) is 5.73 Å². The highest BCUT2D eigenvalue weighted by Crippen LogP contribution is 2.50. The number of ether oxygens (including phenoxy) is 1. The van der Waals surface area contributed by atoms with Crippen LogP contribution in [0, 0.1) is 0 Å². The number of anilines is 1. The summed E-state index contributed by atoms with van der Waals surface area (Å²) < 4.78 is 5.58. The van der Waals surface area contributed by atoms with Gasteiger partial charge in [-0.25, -0.2) is 4.79 Å². The average molecular weight is 409 g/mol. The van der Waals surface area contributed by atoms with E-state index in [2.05, 4.69) is 6.92 Å². The maximum atomic E-state index is 12.8. The van der Waals surface area contributed by atoms with Crippen LogP contribution in [0.4, 0.5) is 5.69 Å². The van der Waals surface area contributed by atoms with Gasteiger partial charge in [-0.1, -0.05) is 30.3 Å². The van der Waals surface area contributed by atoms with Crippen molar-refractivity contribution in [3.05, 3.63) is 65.2 Å². The molecule has 30 heavy (non-hydrogen) atoms. The van der Waals surface area contributed by atoms with Crippen molar-refractivity contribution in [3.8, 4) is 0 Å². The van der Waals surface area contributed by atoms with Crippen molar-refractivity contribution in [3.63, 3.8) is 0 Å². The summed E-state index contributed by atoms with van der Waals surface area (Å²) in [6.07, 6.45) is 0. The van der Waals surface area contributed by atoms with Gasteiger partial charge in [-0.2, -0.15) is 0 Å². The van der Waals surface area contributed by atoms with Gasteiger partial charge in [-0.05, 0) is 70.9 Å². The highest BCUT2D eigenvalue weighted by atomic mass is 16.6. The third-order valence-electron chi connectivity index (χ3n) is 6.08. The first-order valence-corrected chi connectivity index (χ1v) is 10.3. The fourth-order valence-corrected chi connectivity index (χ4v) is 4.63. The highest BCUT2D eigenvalue weighted by molar-refractivity contribution is 5.97. The normalized spacial score (nSPS) is 22.9. The molecule has 160 valence electrons. The Morgan fingerprint density at radius 1 is 1.03 bits per heavy atom. The maximum Gasteiger partial charge on any atom is 0.338 e. The number of hydrogen-bond donors (Lipinski definition) is 1. The standard InChI is InChI=1S/C25H32N2O3/c1-16(28)27-20-14-13-17(21(29)30-23(2,3)4)15-19(20)25(7,22(26)24(27,5)6)18-11-9-8-10-12-18/h8-15,22H,26H2,1-7H3. The van der Waals surface area contributed by atoms with Crippen LogP contribution < -0.4 is 10.6 Å². The largest absolute Gasteiger partial charge is 0.456 e. The van der Waals surface area contributed by atoms with Crippen LogP contribution in [-0.4, -0.2) is 29.1 Å². The lowest BCUT2D eigenvalue weighted by Gasteiger charge is -2.55. The van der Waals surface area contributed by atoms with Gasteiger partial charge >= 0.3 is 5.97 Å². The lowest BCUT2D eigenvalue weighted by molar-refractivity contribution is -0.118. The second kappa shape index (κ2) is 7.24. The first kappa shape index (κ1) is 22.0. The summed E-state index contributed by atoms with van der Waals surface area (Å²) in [5.74, 6) is -0.481. The van der Waals surface area contributed by atoms with Crippen LogP contribution in [0.5, 0.6) is 0 Å². The molecule has 2 aromatic carbocycles. The van der Waals surface area contributed by atoms with E-state index in [4.69, 9.17) is 10.5 Å². The number of amides is 1. The molecule has 5 nitrogen and oxygen atoms in total. The molecule has 1 heterocycles. The minimum atomic E-state index is -0.628. The third kappa shape index (κ3) is 3.52. The molecule has 0 fully saturated rings. The molecular formula is C25H32N2O3. The van der Waals surface area contributed by atoms with Crippen molar-refractivity contribution >= 4 is 17.6 Å². The Morgan fingerprint density at radius 2 is 1.63 bits per heavy atom. The van der Waals surface area contributed by atoms with Gasteiger partial charge in [0.15, 0.2) is 0 Å². The molecule has 2 aromatic rings. The van der Waals surface area contributed by atoms with Gasteiger partial charge in [0, 0.05) is 24.1 Å². The Kier molecular flexibility index (Phi) is 5.32. The van der Waals surface area contributed by atoms with E-state index in [0.717, 1.165) is 16.8 Å². The summed E-state index contributed by atoms with van der Waals surface area (Å²) in [6.45, 7) is 13.1. The fraction of sp³-hybridized carbons (Fsp3) is 0.440. The third-order valence-corrected chi connectivity index (χ3v) is 6.08. The molecule has 0 aliphatic carbocycles. The molecule has 0 saturated carbocycles. The van der Waals surface area contributed by atoms with E-state index in [-0.39, 0.29) is 5.91 Å². The molecule has 0 saturated heterocycles. The Balaban J connectivity index is 2.29. The molecule has 3 rings (SSSR count). The van der Waals surface area contributed by atoms with Crippen LogP contribution in [-0.2, 0) is 14.9 Å². The second-order valence-electron chi connectivity index (χ2n) is 9.79. The number of benzene rings is 2. The fourth-order valence-electron chi connectivity index (χ4n) is 4.63. The van der Waals surface area contributed by atoms with Crippen molar-refractivity contribution in [1.82, 2.24) is 0 Å². The number of esters is 1. The second-order valence-corrected chi connectivity index (χ2v) is 9.79. The highest BCUT2D eigenvalue weighted by Gasteiger charge is 2.53. The molecule has 0 bridgehead atoms. The van der Waals surface area contributed by atoms with Crippen molar-refractivity contribution in [2.75, 3.05) is 4.90 Å². The smallest absolute Gasteiger partial charge is 0.338 e. The van der Waals surface area contributed by atoms with Crippen LogP contribution in [0.25, 0.3) is 0 Å². The van der Waals surface area contributed by atoms with Gasteiger partial charge < -0.3 is 15.4 Å². The van der Waals surface area contributed by atoms with Gasteiger partial charge in [0.1, 0.15) is 5.60 Å². The molecule has 1 aliphatic rings. The first-order chi connectivity index (χ1) is 13.8. The van der Waals surface area contributed by atoms with Gasteiger partial charge in [-0.3, -0.25) is 4.79 Å². The monoisotopic (exact) mass is 408 g/mol. The van der Waals surface area contributed by atoms with Gasteiger partial charge in [0.05, 0.1) is 11.1 Å². The van der Waals surface area contributed by atoms with Gasteiger partial charge in [0.2, 0.25) is 5.91 Å². The molecule has 2 N–H and O–H groups in total. The number of carbonyl (C=O) groups excluding carboxylic acids is 2. The summed E-state index contributed by atoms with van der Waals surface area (Å²) in [7, 11) is 0. The van der Waals surface area contributed by atoms with Crippen LogP contribution in [0.15, 0.2) is 48.5 Å². The predicted molar refractivity (Wildman–Crippen MR) is 120 cm³/mol. The number of carbonyl (C=O) groups is 2. The molecule has 1 amide bonds. The van der Waals surface area contributed by atoms with E-state index < -0.39 is 28.6 Å². The molecule has 0 radical (unpaired) electrons.